The van der Waals surface area contributed by atoms with Crippen LogP contribution >= 0.6 is 11.6 Å². The van der Waals surface area contributed by atoms with Gasteiger partial charge in [0.25, 0.3) is 10.0 Å². The summed E-state index contributed by atoms with van der Waals surface area (Å²) in [5.74, 6) is 0. The summed E-state index contributed by atoms with van der Waals surface area (Å²) in [7, 11) is -3.78. The van der Waals surface area contributed by atoms with Gasteiger partial charge in [-0.05, 0) is 24.3 Å². The van der Waals surface area contributed by atoms with E-state index in [0.717, 1.165) is 0 Å². The molecule has 0 bridgehead atoms. The minimum absolute atomic E-state index is 0.0980. The Hall–Kier alpha value is -1.72. The second-order valence-electron chi connectivity index (χ2n) is 3.42. The van der Waals surface area contributed by atoms with Crippen molar-refractivity contribution in [1.82, 2.24) is 0 Å². The molecule has 0 N–H and O–H groups in total. The van der Waals surface area contributed by atoms with E-state index in [2.05, 4.69) is 9.63 Å². The van der Waals surface area contributed by atoms with Crippen molar-refractivity contribution in [3.63, 3.8) is 0 Å². The maximum atomic E-state index is 11.8. The quantitative estimate of drug-likeness (QED) is 0.803. The van der Waals surface area contributed by atoms with Gasteiger partial charge >= 0.3 is 0 Å². The van der Waals surface area contributed by atoms with E-state index in [-0.39, 0.29) is 4.90 Å². The van der Waals surface area contributed by atoms with E-state index in [0.29, 0.717) is 10.7 Å². The molecule has 0 saturated carbocycles. The number of hydrogen-bond donors (Lipinski definition) is 0. The van der Waals surface area contributed by atoms with Gasteiger partial charge in [-0.15, -0.1) is 5.11 Å². The van der Waals surface area contributed by atoms with Gasteiger partial charge in [-0.2, -0.15) is 8.42 Å². The first kappa shape index (κ1) is 12.7. The van der Waals surface area contributed by atoms with Crippen LogP contribution in [0.25, 0.3) is 0 Å². The number of benzene rings is 2. The third-order valence-corrected chi connectivity index (χ3v) is 3.63. The summed E-state index contributed by atoms with van der Waals surface area (Å²) in [6.07, 6.45) is 0. The Balaban J connectivity index is 2.32. The molecule has 4 nitrogen and oxygen atoms in total. The van der Waals surface area contributed by atoms with Gasteiger partial charge in [-0.3, -0.25) is 0 Å². The van der Waals surface area contributed by atoms with Crippen molar-refractivity contribution in [2.75, 3.05) is 0 Å². The lowest BCUT2D eigenvalue weighted by Crippen LogP contribution is -1.94. The Morgan fingerprint density at radius 2 is 1.50 bits per heavy atom. The number of sulfonamides is 1. The largest absolute Gasteiger partial charge is 0.299 e. The molecule has 0 heterocycles. The first-order chi connectivity index (χ1) is 8.59. The Bertz CT molecular complexity index is 669. The zero-order valence-corrected chi connectivity index (χ0v) is 10.8. The monoisotopic (exact) mass is 280 g/mol. The van der Waals surface area contributed by atoms with Crippen LogP contribution < -0.4 is 0 Å². The average molecular weight is 281 g/mol. The number of nitrogens with zero attached hydrogens (tertiary/aromatic N) is 2. The number of rotatable bonds is 3. The molecule has 6 heteroatoms. The highest BCUT2D eigenvalue weighted by Gasteiger charge is 2.11. The fourth-order valence-corrected chi connectivity index (χ4v) is 2.23. The summed E-state index contributed by atoms with van der Waals surface area (Å²) >= 11 is 5.85. The van der Waals surface area contributed by atoms with Gasteiger partial charge in [-0.25, -0.2) is 0 Å². The topological polar surface area (TPSA) is 58.9 Å². The van der Waals surface area contributed by atoms with E-state index < -0.39 is 10.0 Å². The molecule has 0 aromatic heterocycles. The Morgan fingerprint density at radius 3 is 2.17 bits per heavy atom. The van der Waals surface area contributed by atoms with Crippen LogP contribution in [0.2, 0.25) is 5.02 Å². The highest BCUT2D eigenvalue weighted by molar-refractivity contribution is 7.90. The SMILES string of the molecule is O=S(=O)(N=Nc1ccccc1Cl)c1ccccc1. The molecule has 2 rings (SSSR count). The van der Waals surface area contributed by atoms with E-state index in [1.807, 2.05) is 0 Å². The zero-order chi connectivity index (χ0) is 13.0. The Morgan fingerprint density at radius 1 is 0.889 bits per heavy atom. The van der Waals surface area contributed by atoms with Gasteiger partial charge in [0.05, 0.1) is 9.92 Å². The maximum Gasteiger partial charge on any atom is 0.299 e. The van der Waals surface area contributed by atoms with E-state index in [9.17, 15) is 8.42 Å². The summed E-state index contributed by atoms with van der Waals surface area (Å²) < 4.78 is 27.0. The molecule has 0 aliphatic carbocycles. The Kier molecular flexibility index (Phi) is 3.74. The lowest BCUT2D eigenvalue weighted by Gasteiger charge is -1.97. The van der Waals surface area contributed by atoms with Crippen molar-refractivity contribution in [3.8, 4) is 0 Å². The maximum absolute atomic E-state index is 11.8. The van der Waals surface area contributed by atoms with Gasteiger partial charge in [0.15, 0.2) is 0 Å². The van der Waals surface area contributed by atoms with Gasteiger partial charge in [-0.1, -0.05) is 46.5 Å². The summed E-state index contributed by atoms with van der Waals surface area (Å²) in [4.78, 5) is 0.0980. The van der Waals surface area contributed by atoms with Crippen molar-refractivity contribution in [2.45, 2.75) is 4.90 Å². The Labute approximate surface area is 110 Å². The summed E-state index contributed by atoms with van der Waals surface area (Å²) in [5, 5.41) is 4.01. The molecule has 0 atom stereocenters. The van der Waals surface area contributed by atoms with Crippen molar-refractivity contribution in [1.29, 1.82) is 0 Å². The van der Waals surface area contributed by atoms with Crippen LogP contribution in [0.3, 0.4) is 0 Å². The van der Waals surface area contributed by atoms with Crippen LogP contribution in [0.1, 0.15) is 0 Å². The van der Waals surface area contributed by atoms with Crippen LogP contribution in [-0.4, -0.2) is 8.42 Å². The van der Waals surface area contributed by atoms with E-state index in [1.165, 1.54) is 12.1 Å². The molecule has 0 saturated heterocycles. The highest BCUT2D eigenvalue weighted by atomic mass is 35.5. The van der Waals surface area contributed by atoms with Crippen molar-refractivity contribution in [3.05, 3.63) is 59.6 Å². The molecule has 0 radical (unpaired) electrons. The molecule has 0 aliphatic heterocycles. The van der Waals surface area contributed by atoms with Crippen LogP contribution in [0.5, 0.6) is 0 Å². The molecule has 0 fully saturated rings. The second kappa shape index (κ2) is 5.29. The predicted molar refractivity (Wildman–Crippen MR) is 69.6 cm³/mol. The molecule has 18 heavy (non-hydrogen) atoms. The minimum Gasteiger partial charge on any atom is -0.198 e. The zero-order valence-electron chi connectivity index (χ0n) is 9.19. The first-order valence-corrected chi connectivity index (χ1v) is 6.89. The highest BCUT2D eigenvalue weighted by Crippen LogP contribution is 2.25. The predicted octanol–water partition coefficient (Wildman–Crippen LogP) is 3.81. The minimum atomic E-state index is -3.78. The van der Waals surface area contributed by atoms with E-state index >= 15 is 0 Å². The number of hydrogen-bond acceptors (Lipinski definition) is 3. The van der Waals surface area contributed by atoms with Gasteiger partial charge in [0.1, 0.15) is 5.69 Å². The lowest BCUT2D eigenvalue weighted by atomic mass is 10.3. The molecule has 0 unspecified atom stereocenters. The molecule has 2 aromatic rings. The third kappa shape index (κ3) is 2.94. The summed E-state index contributed by atoms with van der Waals surface area (Å²) in [5.41, 5.74) is 0.318. The van der Waals surface area contributed by atoms with Gasteiger partial charge in [0, 0.05) is 0 Å². The number of halogens is 1. The van der Waals surface area contributed by atoms with Crippen LogP contribution in [0.15, 0.2) is 69.1 Å². The fraction of sp³-hybridized carbons (Fsp3) is 0. The average Bonchev–Trinajstić information content (AvgIpc) is 2.39. The van der Waals surface area contributed by atoms with Crippen molar-refractivity contribution >= 4 is 27.3 Å². The standard InChI is InChI=1S/C12H9ClN2O2S/c13-11-8-4-5-9-12(11)14-15-18(16,17)10-6-2-1-3-7-10/h1-9H. The fourth-order valence-electron chi connectivity index (χ4n) is 1.27. The molecule has 0 spiro atoms. The van der Waals surface area contributed by atoms with Gasteiger partial charge in [0.2, 0.25) is 0 Å². The second-order valence-corrected chi connectivity index (χ2v) is 5.41. The lowest BCUT2D eigenvalue weighted by molar-refractivity contribution is 0.595. The first-order valence-electron chi connectivity index (χ1n) is 5.07. The van der Waals surface area contributed by atoms with Crippen molar-refractivity contribution < 1.29 is 8.42 Å². The van der Waals surface area contributed by atoms with Crippen molar-refractivity contribution in [2.24, 2.45) is 9.63 Å². The summed E-state index contributed by atoms with van der Waals surface area (Å²) in [6.45, 7) is 0. The van der Waals surface area contributed by atoms with Crippen LogP contribution in [0, 0.1) is 0 Å². The molecule has 92 valence electrons. The summed E-state index contributed by atoms with van der Waals surface area (Å²) in [6, 6.07) is 14.5. The molecule has 0 aliphatic rings. The molecule has 2 aromatic carbocycles. The smallest absolute Gasteiger partial charge is 0.198 e. The molecular formula is C12H9ClN2O2S. The van der Waals surface area contributed by atoms with Gasteiger partial charge < -0.3 is 0 Å². The molecular weight excluding hydrogens is 272 g/mol. The van der Waals surface area contributed by atoms with E-state index in [1.54, 1.807) is 42.5 Å². The van der Waals surface area contributed by atoms with E-state index in [4.69, 9.17) is 11.6 Å². The molecule has 0 amide bonds. The van der Waals surface area contributed by atoms with Crippen LogP contribution in [0.4, 0.5) is 5.69 Å². The van der Waals surface area contributed by atoms with Crippen LogP contribution in [-0.2, 0) is 10.0 Å². The normalized spacial score (nSPS) is 11.8. The third-order valence-electron chi connectivity index (χ3n) is 2.15.